The fourth-order valence-electron chi connectivity index (χ4n) is 1.85. The van der Waals surface area contributed by atoms with Crippen LogP contribution in [0.3, 0.4) is 0 Å². The number of esters is 1. The lowest BCUT2D eigenvalue weighted by Gasteiger charge is -2.18. The summed E-state index contributed by atoms with van der Waals surface area (Å²) in [5.41, 5.74) is 1.29. The third kappa shape index (κ3) is 2.89. The largest absolute Gasteiger partial charge is 0.497 e. The van der Waals surface area contributed by atoms with Gasteiger partial charge in [0.05, 0.1) is 7.11 Å². The molecule has 1 aromatic rings. The molecular weight excluding hydrogens is 261 g/mol. The number of carbonyl (C=O) groups excluding carboxylic acids is 1. The molecule has 19 heavy (non-hydrogen) atoms. The SMILES string of the molecule is COc1ccc2c(c1)C(OC(=O)C(F)(F)F)=CCC2. The lowest BCUT2D eigenvalue weighted by atomic mass is 9.95. The highest BCUT2D eigenvalue weighted by Gasteiger charge is 2.42. The van der Waals surface area contributed by atoms with Gasteiger partial charge in [-0.25, -0.2) is 4.79 Å². The maximum absolute atomic E-state index is 12.2. The van der Waals surface area contributed by atoms with E-state index in [1.54, 1.807) is 18.2 Å². The normalized spacial score (nSPS) is 14.4. The number of rotatable bonds is 2. The number of alkyl halides is 3. The summed E-state index contributed by atoms with van der Waals surface area (Å²) in [7, 11) is 1.45. The highest BCUT2D eigenvalue weighted by atomic mass is 19.4. The van der Waals surface area contributed by atoms with Crippen LogP contribution in [0.5, 0.6) is 5.75 Å². The molecule has 0 N–H and O–H groups in total. The first-order valence-corrected chi connectivity index (χ1v) is 5.58. The van der Waals surface area contributed by atoms with Crippen molar-refractivity contribution in [1.82, 2.24) is 0 Å². The van der Waals surface area contributed by atoms with Crippen LogP contribution in [-0.4, -0.2) is 19.3 Å². The van der Waals surface area contributed by atoms with Crippen LogP contribution in [0.25, 0.3) is 5.76 Å². The van der Waals surface area contributed by atoms with Gasteiger partial charge in [0.25, 0.3) is 0 Å². The van der Waals surface area contributed by atoms with Crippen molar-refractivity contribution >= 4 is 11.7 Å². The number of hydrogen-bond donors (Lipinski definition) is 0. The number of halogens is 3. The molecule has 0 atom stereocenters. The summed E-state index contributed by atoms with van der Waals surface area (Å²) in [6.07, 6.45) is -2.31. The molecule has 0 amide bonds. The zero-order chi connectivity index (χ0) is 14.0. The van der Waals surface area contributed by atoms with Gasteiger partial charge in [0, 0.05) is 5.56 Å². The fraction of sp³-hybridized carbons (Fsp3) is 0.308. The molecule has 2 rings (SSSR count). The van der Waals surface area contributed by atoms with Crippen molar-refractivity contribution in [3.63, 3.8) is 0 Å². The van der Waals surface area contributed by atoms with Crippen LogP contribution < -0.4 is 4.74 Å². The molecule has 102 valence electrons. The van der Waals surface area contributed by atoms with Gasteiger partial charge in [0.2, 0.25) is 0 Å². The van der Waals surface area contributed by atoms with Gasteiger partial charge in [-0.3, -0.25) is 0 Å². The molecule has 0 bridgehead atoms. The van der Waals surface area contributed by atoms with Crippen LogP contribution in [0.4, 0.5) is 13.2 Å². The number of fused-ring (bicyclic) bond motifs is 1. The topological polar surface area (TPSA) is 35.5 Å². The molecule has 1 aliphatic rings. The predicted molar refractivity (Wildman–Crippen MR) is 61.4 cm³/mol. The first kappa shape index (κ1) is 13.5. The number of ether oxygens (including phenoxy) is 2. The third-order valence-electron chi connectivity index (χ3n) is 2.76. The van der Waals surface area contributed by atoms with Crippen LogP contribution in [0.1, 0.15) is 17.5 Å². The first-order chi connectivity index (χ1) is 8.91. The number of methoxy groups -OCH3 is 1. The monoisotopic (exact) mass is 272 g/mol. The zero-order valence-corrected chi connectivity index (χ0v) is 10.1. The van der Waals surface area contributed by atoms with Crippen LogP contribution in [0.15, 0.2) is 24.3 Å². The second-order valence-electron chi connectivity index (χ2n) is 4.02. The molecule has 0 spiro atoms. The summed E-state index contributed by atoms with van der Waals surface area (Å²) in [4.78, 5) is 10.9. The molecule has 0 aromatic heterocycles. The third-order valence-corrected chi connectivity index (χ3v) is 2.76. The van der Waals surface area contributed by atoms with E-state index in [1.807, 2.05) is 0 Å². The molecule has 0 heterocycles. The van der Waals surface area contributed by atoms with E-state index < -0.39 is 12.1 Å². The Hall–Kier alpha value is -1.98. The molecule has 0 saturated carbocycles. The summed E-state index contributed by atoms with van der Waals surface area (Å²) in [6.45, 7) is 0. The molecule has 0 saturated heterocycles. The average molecular weight is 272 g/mol. The molecule has 0 unspecified atom stereocenters. The highest BCUT2D eigenvalue weighted by Crippen LogP contribution is 2.32. The lowest BCUT2D eigenvalue weighted by molar-refractivity contribution is -0.192. The molecule has 0 fully saturated rings. The first-order valence-electron chi connectivity index (χ1n) is 5.58. The van der Waals surface area contributed by atoms with E-state index in [4.69, 9.17) is 4.74 Å². The van der Waals surface area contributed by atoms with Crippen LogP contribution >= 0.6 is 0 Å². The number of hydrogen-bond acceptors (Lipinski definition) is 3. The van der Waals surface area contributed by atoms with Gasteiger partial charge >= 0.3 is 12.1 Å². The Morgan fingerprint density at radius 2 is 2.05 bits per heavy atom. The minimum Gasteiger partial charge on any atom is -0.497 e. The molecule has 1 aliphatic carbocycles. The summed E-state index contributed by atoms with van der Waals surface area (Å²) in [6, 6.07) is 5.03. The lowest BCUT2D eigenvalue weighted by Crippen LogP contribution is -2.25. The Morgan fingerprint density at radius 1 is 1.32 bits per heavy atom. The van der Waals surface area contributed by atoms with Crippen molar-refractivity contribution in [2.24, 2.45) is 0 Å². The van der Waals surface area contributed by atoms with E-state index in [-0.39, 0.29) is 5.76 Å². The molecular formula is C13H11F3O3. The Bertz CT molecular complexity index is 532. The second kappa shape index (κ2) is 4.95. The second-order valence-corrected chi connectivity index (χ2v) is 4.02. The van der Waals surface area contributed by atoms with E-state index in [9.17, 15) is 18.0 Å². The van der Waals surface area contributed by atoms with Crippen molar-refractivity contribution in [2.75, 3.05) is 7.11 Å². The van der Waals surface area contributed by atoms with E-state index in [2.05, 4.69) is 4.74 Å². The van der Waals surface area contributed by atoms with Crippen molar-refractivity contribution in [2.45, 2.75) is 19.0 Å². The Balaban J connectivity index is 2.29. The quantitative estimate of drug-likeness (QED) is 0.776. The molecule has 0 aliphatic heterocycles. The summed E-state index contributed by atoms with van der Waals surface area (Å²) < 4.78 is 46.0. The van der Waals surface area contributed by atoms with Gasteiger partial charge in [0.1, 0.15) is 11.5 Å². The maximum atomic E-state index is 12.2. The van der Waals surface area contributed by atoms with Crippen molar-refractivity contribution in [3.05, 3.63) is 35.4 Å². The van der Waals surface area contributed by atoms with E-state index in [1.165, 1.54) is 13.2 Å². The van der Waals surface area contributed by atoms with E-state index in [0.717, 1.165) is 5.56 Å². The Morgan fingerprint density at radius 3 is 2.68 bits per heavy atom. The summed E-state index contributed by atoms with van der Waals surface area (Å²) in [5.74, 6) is -1.79. The summed E-state index contributed by atoms with van der Waals surface area (Å²) >= 11 is 0. The van der Waals surface area contributed by atoms with Gasteiger partial charge in [0.15, 0.2) is 0 Å². The number of allylic oxidation sites excluding steroid dienone is 1. The van der Waals surface area contributed by atoms with Crippen LogP contribution in [0.2, 0.25) is 0 Å². The standard InChI is InChI=1S/C13H11F3O3/c1-18-9-6-5-8-3-2-4-11(10(8)7-9)19-12(17)13(14,15)16/h4-7H,2-3H2,1H3. The van der Waals surface area contributed by atoms with Gasteiger partial charge < -0.3 is 9.47 Å². The van der Waals surface area contributed by atoms with Crippen molar-refractivity contribution in [1.29, 1.82) is 0 Å². The highest BCUT2D eigenvalue weighted by molar-refractivity contribution is 5.83. The number of carbonyl (C=O) groups is 1. The Labute approximate surface area is 107 Å². The van der Waals surface area contributed by atoms with E-state index >= 15 is 0 Å². The van der Waals surface area contributed by atoms with E-state index in [0.29, 0.717) is 24.2 Å². The number of aryl methyl sites for hydroxylation is 1. The van der Waals surface area contributed by atoms with Gasteiger partial charge in [-0.2, -0.15) is 13.2 Å². The van der Waals surface area contributed by atoms with Gasteiger partial charge in [-0.15, -0.1) is 0 Å². The molecule has 0 radical (unpaired) electrons. The van der Waals surface area contributed by atoms with Crippen LogP contribution in [0, 0.1) is 0 Å². The average Bonchev–Trinajstić information content (AvgIpc) is 2.37. The van der Waals surface area contributed by atoms with Gasteiger partial charge in [-0.05, 0) is 36.6 Å². The van der Waals surface area contributed by atoms with Crippen molar-refractivity contribution < 1.29 is 27.4 Å². The summed E-state index contributed by atoms with van der Waals surface area (Å²) in [5, 5.41) is 0. The predicted octanol–water partition coefficient (Wildman–Crippen LogP) is 3.09. The molecule has 3 nitrogen and oxygen atoms in total. The maximum Gasteiger partial charge on any atom is 0.491 e. The zero-order valence-electron chi connectivity index (χ0n) is 10.1. The molecule has 1 aromatic carbocycles. The minimum absolute atomic E-state index is 0.0672. The minimum atomic E-state index is -5.00. The van der Waals surface area contributed by atoms with Crippen LogP contribution in [-0.2, 0) is 16.0 Å². The smallest absolute Gasteiger partial charge is 0.491 e. The fourth-order valence-corrected chi connectivity index (χ4v) is 1.85. The molecule has 6 heteroatoms. The Kier molecular flexibility index (Phi) is 3.50. The van der Waals surface area contributed by atoms with Crippen molar-refractivity contribution in [3.8, 4) is 5.75 Å². The number of benzene rings is 1. The van der Waals surface area contributed by atoms with Gasteiger partial charge in [-0.1, -0.05) is 6.07 Å².